The maximum atomic E-state index is 10.7. The van der Waals surface area contributed by atoms with Crippen LogP contribution in [0.2, 0.25) is 0 Å². The molecule has 194 valence electrons. The summed E-state index contributed by atoms with van der Waals surface area (Å²) in [6, 6.07) is 24.6. The number of hydrogen-bond donors (Lipinski definition) is 1. The summed E-state index contributed by atoms with van der Waals surface area (Å²) in [4.78, 5) is 15.6. The molecule has 0 aromatic heterocycles. The molecule has 1 aliphatic heterocycles. The number of hydrogen-bond acceptors (Lipinski definition) is 5. The molecule has 37 heavy (non-hydrogen) atoms. The lowest BCUT2D eigenvalue weighted by Gasteiger charge is -2.36. The zero-order chi connectivity index (χ0) is 26.5. The Morgan fingerprint density at radius 1 is 0.865 bits per heavy atom. The number of benzene rings is 3. The predicted octanol–water partition coefficient (Wildman–Crippen LogP) is 5.25. The van der Waals surface area contributed by atoms with Crippen LogP contribution in [0.4, 0.5) is 5.69 Å². The highest BCUT2D eigenvalue weighted by Gasteiger charge is 2.17. The molecule has 3 aromatic carbocycles. The van der Waals surface area contributed by atoms with Crippen molar-refractivity contribution in [3.63, 3.8) is 0 Å². The molecule has 0 spiro atoms. The van der Waals surface area contributed by atoms with E-state index in [2.05, 4.69) is 58.5 Å². The number of aliphatic carboxylic acids is 1. The number of nitrogens with zero attached hydrogens (tertiary/aromatic N) is 2. The van der Waals surface area contributed by atoms with Gasteiger partial charge in [0.25, 0.3) is 0 Å². The van der Waals surface area contributed by atoms with Gasteiger partial charge < -0.3 is 19.5 Å². The van der Waals surface area contributed by atoms with Crippen LogP contribution in [0, 0.1) is 12.3 Å². The molecule has 1 aliphatic rings. The summed E-state index contributed by atoms with van der Waals surface area (Å²) < 4.78 is 11.1. The van der Waals surface area contributed by atoms with E-state index in [1.165, 1.54) is 11.3 Å². The van der Waals surface area contributed by atoms with Crippen LogP contribution in [-0.4, -0.2) is 49.3 Å². The lowest BCUT2D eigenvalue weighted by Crippen LogP contribution is -2.45. The number of rotatable bonds is 10. The van der Waals surface area contributed by atoms with Gasteiger partial charge in [0.05, 0.1) is 7.11 Å². The largest absolute Gasteiger partial charge is 0.497 e. The van der Waals surface area contributed by atoms with Crippen LogP contribution < -0.4 is 14.4 Å². The van der Waals surface area contributed by atoms with Gasteiger partial charge in [-0.3, -0.25) is 9.69 Å². The zero-order valence-corrected chi connectivity index (χ0v) is 21.7. The van der Waals surface area contributed by atoms with E-state index in [0.29, 0.717) is 13.0 Å². The molecule has 6 nitrogen and oxygen atoms in total. The highest BCUT2D eigenvalue weighted by Crippen LogP contribution is 2.21. The van der Waals surface area contributed by atoms with Crippen LogP contribution in [0.25, 0.3) is 0 Å². The third-order valence-corrected chi connectivity index (χ3v) is 6.20. The number of methoxy groups -OCH3 is 1. The van der Waals surface area contributed by atoms with Crippen LogP contribution in [-0.2, 0) is 24.4 Å². The summed E-state index contributed by atoms with van der Waals surface area (Å²) in [5.74, 6) is 3.15. The van der Waals surface area contributed by atoms with Crippen LogP contribution in [0.3, 0.4) is 0 Å². The average Bonchev–Trinajstić information content (AvgIpc) is 2.93. The van der Waals surface area contributed by atoms with Crippen molar-refractivity contribution in [3.05, 3.63) is 89.5 Å². The summed E-state index contributed by atoms with van der Waals surface area (Å²) in [6.45, 7) is 7.24. The van der Waals surface area contributed by atoms with Crippen molar-refractivity contribution in [2.75, 3.05) is 38.2 Å². The van der Waals surface area contributed by atoms with E-state index in [4.69, 9.17) is 14.6 Å². The minimum atomic E-state index is -0.778. The Hall–Kier alpha value is -3.95. The molecule has 0 saturated carbocycles. The second kappa shape index (κ2) is 14.6. The summed E-state index contributed by atoms with van der Waals surface area (Å²) in [7, 11) is 1.69. The number of aryl methyl sites for hydroxylation is 1. The van der Waals surface area contributed by atoms with Gasteiger partial charge in [0.15, 0.2) is 0 Å². The summed E-state index contributed by atoms with van der Waals surface area (Å²) >= 11 is 0. The minimum absolute atomic E-state index is 0.144. The SMILES string of the molecule is C#CC.COc1ccc(N2CCN(Cc3ccc(COc4ccc(CCC(=O)O)cc4)cc3)CC2)cc1. The van der Waals surface area contributed by atoms with E-state index in [1.807, 2.05) is 36.4 Å². The first-order chi connectivity index (χ1) is 18.0. The number of ether oxygens (including phenoxy) is 2. The van der Waals surface area contributed by atoms with Crippen molar-refractivity contribution < 1.29 is 19.4 Å². The van der Waals surface area contributed by atoms with E-state index in [9.17, 15) is 4.79 Å². The van der Waals surface area contributed by atoms with Crippen molar-refractivity contribution >= 4 is 11.7 Å². The lowest BCUT2D eigenvalue weighted by atomic mass is 10.1. The molecule has 0 atom stereocenters. The Bertz CT molecular complexity index is 1130. The Kier molecular flexibility index (Phi) is 10.9. The second-order valence-corrected chi connectivity index (χ2v) is 8.89. The monoisotopic (exact) mass is 500 g/mol. The molecule has 0 bridgehead atoms. The molecular formula is C31H36N2O4. The Balaban J connectivity index is 0.00000121. The van der Waals surface area contributed by atoms with Gasteiger partial charge in [0.2, 0.25) is 0 Å². The Morgan fingerprint density at radius 3 is 1.97 bits per heavy atom. The number of anilines is 1. The van der Waals surface area contributed by atoms with E-state index in [-0.39, 0.29) is 6.42 Å². The minimum Gasteiger partial charge on any atom is -0.497 e. The van der Waals surface area contributed by atoms with Crippen LogP contribution >= 0.6 is 0 Å². The molecule has 0 radical (unpaired) electrons. The van der Waals surface area contributed by atoms with Crippen LogP contribution in [0.5, 0.6) is 11.5 Å². The van der Waals surface area contributed by atoms with Crippen molar-refractivity contribution in [1.82, 2.24) is 4.90 Å². The number of terminal acetylenes is 1. The fraction of sp³-hybridized carbons (Fsp3) is 0.323. The van der Waals surface area contributed by atoms with Gasteiger partial charge in [-0.25, -0.2) is 0 Å². The molecule has 1 heterocycles. The summed E-state index contributed by atoms with van der Waals surface area (Å²) in [5, 5.41) is 8.79. The maximum absolute atomic E-state index is 10.7. The van der Waals surface area contributed by atoms with E-state index in [0.717, 1.165) is 55.3 Å². The Labute approximate surface area is 220 Å². The number of piperazine rings is 1. The molecular weight excluding hydrogens is 464 g/mol. The lowest BCUT2D eigenvalue weighted by molar-refractivity contribution is -0.136. The topological polar surface area (TPSA) is 62.2 Å². The molecule has 0 aliphatic carbocycles. The molecule has 1 fully saturated rings. The first-order valence-electron chi connectivity index (χ1n) is 12.5. The highest BCUT2D eigenvalue weighted by atomic mass is 16.5. The molecule has 4 rings (SSSR count). The summed E-state index contributed by atoms with van der Waals surface area (Å²) in [5.41, 5.74) is 4.69. The number of carbonyl (C=O) groups is 1. The van der Waals surface area contributed by atoms with Gasteiger partial charge in [-0.15, -0.1) is 12.3 Å². The molecule has 1 N–H and O–H groups in total. The van der Waals surface area contributed by atoms with E-state index in [1.54, 1.807) is 14.0 Å². The van der Waals surface area contributed by atoms with Crippen molar-refractivity contribution in [2.24, 2.45) is 0 Å². The Morgan fingerprint density at radius 2 is 1.41 bits per heavy atom. The third-order valence-electron chi connectivity index (χ3n) is 6.20. The first-order valence-corrected chi connectivity index (χ1v) is 12.5. The van der Waals surface area contributed by atoms with E-state index >= 15 is 0 Å². The number of carboxylic acid groups (broad SMARTS) is 1. The van der Waals surface area contributed by atoms with Gasteiger partial charge in [0.1, 0.15) is 18.1 Å². The molecule has 0 amide bonds. The van der Waals surface area contributed by atoms with Crippen molar-refractivity contribution in [2.45, 2.75) is 32.9 Å². The van der Waals surface area contributed by atoms with Gasteiger partial charge >= 0.3 is 5.97 Å². The highest BCUT2D eigenvalue weighted by molar-refractivity contribution is 5.67. The molecule has 6 heteroatoms. The van der Waals surface area contributed by atoms with Crippen molar-refractivity contribution in [3.8, 4) is 23.8 Å². The fourth-order valence-electron chi connectivity index (χ4n) is 4.13. The van der Waals surface area contributed by atoms with Gasteiger partial charge in [-0.05, 0) is 66.4 Å². The third kappa shape index (κ3) is 9.21. The zero-order valence-electron chi connectivity index (χ0n) is 21.7. The van der Waals surface area contributed by atoms with Gasteiger partial charge in [-0.2, -0.15) is 0 Å². The average molecular weight is 501 g/mol. The normalized spacial score (nSPS) is 13.2. The first kappa shape index (κ1) is 27.6. The molecule has 0 unspecified atom stereocenters. The standard InChI is InChI=1S/C28H32N2O4.C3H4/c1-33-26-13-9-25(10-14-26)30-18-16-29(17-19-30)20-23-2-4-24(5-3-23)21-34-27-11-6-22(7-12-27)8-15-28(31)32;1-3-2/h2-7,9-14H,8,15-21H2,1H3,(H,31,32);1H,2H3. The fourth-order valence-corrected chi connectivity index (χ4v) is 4.13. The second-order valence-electron chi connectivity index (χ2n) is 8.89. The van der Waals surface area contributed by atoms with Gasteiger partial charge in [0, 0.05) is 44.8 Å². The van der Waals surface area contributed by atoms with Crippen LogP contribution in [0.15, 0.2) is 72.8 Å². The number of carboxylic acids is 1. The van der Waals surface area contributed by atoms with E-state index < -0.39 is 5.97 Å². The van der Waals surface area contributed by atoms with Gasteiger partial charge in [-0.1, -0.05) is 36.4 Å². The molecule has 3 aromatic rings. The molecule has 1 saturated heterocycles. The quantitative estimate of drug-likeness (QED) is 0.384. The predicted molar refractivity (Wildman–Crippen MR) is 148 cm³/mol. The van der Waals surface area contributed by atoms with Crippen molar-refractivity contribution in [1.29, 1.82) is 0 Å². The van der Waals surface area contributed by atoms with Crippen LogP contribution in [0.1, 0.15) is 30.0 Å². The smallest absolute Gasteiger partial charge is 0.303 e. The summed E-state index contributed by atoms with van der Waals surface area (Å²) in [6.07, 6.45) is 5.28. The maximum Gasteiger partial charge on any atom is 0.303 e.